The monoisotopic (exact) mass is 331 g/mol. The Labute approximate surface area is 120 Å². The average molecular weight is 333 g/mol. The quantitative estimate of drug-likeness (QED) is 0.871. The van der Waals surface area contributed by atoms with Gasteiger partial charge in [0.05, 0.1) is 10.6 Å². The van der Waals surface area contributed by atoms with Gasteiger partial charge >= 0.3 is 0 Å². The zero-order chi connectivity index (χ0) is 13.2. The summed E-state index contributed by atoms with van der Waals surface area (Å²) in [7, 11) is 0. The highest BCUT2D eigenvalue weighted by molar-refractivity contribution is 9.10. The number of benzene rings is 1. The number of nitrogens with one attached hydrogen (secondary N) is 1. The Morgan fingerprint density at radius 3 is 2.83 bits per heavy atom. The molecule has 2 rings (SSSR count). The summed E-state index contributed by atoms with van der Waals surface area (Å²) in [6.07, 6.45) is 2.89. The number of carbonyl (C=O) groups excluding carboxylic acids is 1. The van der Waals surface area contributed by atoms with Crippen LogP contribution in [0, 0.1) is 5.41 Å². The van der Waals surface area contributed by atoms with Gasteiger partial charge in [-0.2, -0.15) is 0 Å². The van der Waals surface area contributed by atoms with Crippen LogP contribution in [-0.2, 0) is 0 Å². The van der Waals surface area contributed by atoms with Gasteiger partial charge in [-0.05, 0) is 42.9 Å². The lowest BCUT2D eigenvalue weighted by Crippen LogP contribution is -2.30. The topological polar surface area (TPSA) is 49.3 Å². The number of rotatable bonds is 5. The van der Waals surface area contributed by atoms with E-state index in [9.17, 15) is 4.79 Å². The van der Waals surface area contributed by atoms with Crippen molar-refractivity contribution in [1.29, 1.82) is 0 Å². The number of amides is 1. The first-order valence-electron chi connectivity index (χ1n) is 5.90. The summed E-state index contributed by atoms with van der Waals surface area (Å²) in [5.74, 6) is -0.162. The van der Waals surface area contributed by atoms with Gasteiger partial charge in [0.15, 0.2) is 0 Å². The summed E-state index contributed by atoms with van der Waals surface area (Å²) in [5.41, 5.74) is 0.592. The van der Waals surface area contributed by atoms with Crippen LogP contribution in [0.5, 0.6) is 0 Å². The van der Waals surface area contributed by atoms with Gasteiger partial charge in [-0.15, -0.1) is 0 Å². The summed E-state index contributed by atoms with van der Waals surface area (Å²) >= 11 is 9.32. The van der Waals surface area contributed by atoms with E-state index in [2.05, 4.69) is 21.2 Å². The predicted octanol–water partition coefficient (Wildman–Crippen LogP) is 2.99. The summed E-state index contributed by atoms with van der Waals surface area (Å²) in [6.45, 7) is 0.781. The lowest BCUT2D eigenvalue weighted by atomic mass is 10.0. The van der Waals surface area contributed by atoms with Crippen molar-refractivity contribution in [2.45, 2.75) is 19.3 Å². The number of hydrogen-bond acceptors (Lipinski definition) is 2. The standard InChI is InChI=1S/C13H15BrClNO2/c14-9-1-2-11(15)10(7-9)12(18)16-8-13(3-4-13)5-6-17/h1-2,7,17H,3-6,8H2,(H,16,18). The van der Waals surface area contributed by atoms with Gasteiger partial charge in [0.25, 0.3) is 5.91 Å². The molecule has 1 aliphatic rings. The Kier molecular flexibility index (Phi) is 4.30. The normalized spacial score (nSPS) is 16.4. The molecule has 3 nitrogen and oxygen atoms in total. The van der Waals surface area contributed by atoms with Gasteiger partial charge < -0.3 is 10.4 Å². The van der Waals surface area contributed by atoms with Crippen molar-refractivity contribution in [2.24, 2.45) is 5.41 Å². The van der Waals surface area contributed by atoms with E-state index in [0.717, 1.165) is 23.7 Å². The van der Waals surface area contributed by atoms with Crippen LogP contribution >= 0.6 is 27.5 Å². The molecule has 1 aromatic rings. The second-order valence-corrected chi connectivity index (χ2v) is 6.10. The van der Waals surface area contributed by atoms with Crippen molar-refractivity contribution in [2.75, 3.05) is 13.2 Å². The predicted molar refractivity (Wildman–Crippen MR) is 74.9 cm³/mol. The maximum atomic E-state index is 12.0. The maximum absolute atomic E-state index is 12.0. The third-order valence-electron chi connectivity index (χ3n) is 3.40. The van der Waals surface area contributed by atoms with Crippen LogP contribution in [0.25, 0.3) is 0 Å². The first kappa shape index (κ1) is 13.8. The molecule has 0 spiro atoms. The van der Waals surface area contributed by atoms with Crippen LogP contribution in [-0.4, -0.2) is 24.2 Å². The van der Waals surface area contributed by atoms with Gasteiger partial charge in [-0.25, -0.2) is 0 Å². The second kappa shape index (κ2) is 5.59. The molecule has 0 radical (unpaired) electrons. The van der Waals surface area contributed by atoms with Gasteiger partial charge in [-0.1, -0.05) is 27.5 Å². The van der Waals surface area contributed by atoms with Gasteiger partial charge in [-0.3, -0.25) is 4.79 Å². The zero-order valence-corrected chi connectivity index (χ0v) is 12.2. The highest BCUT2D eigenvalue weighted by Gasteiger charge is 2.41. The smallest absolute Gasteiger partial charge is 0.252 e. The molecule has 0 saturated heterocycles. The number of aliphatic hydroxyl groups is 1. The van der Waals surface area contributed by atoms with Crippen molar-refractivity contribution in [3.63, 3.8) is 0 Å². The first-order chi connectivity index (χ1) is 8.56. The zero-order valence-electron chi connectivity index (χ0n) is 9.88. The van der Waals surface area contributed by atoms with Crippen molar-refractivity contribution in [3.8, 4) is 0 Å². The molecule has 0 bridgehead atoms. The van der Waals surface area contributed by atoms with Crippen LogP contribution in [0.15, 0.2) is 22.7 Å². The Morgan fingerprint density at radius 2 is 2.22 bits per heavy atom. The van der Waals surface area contributed by atoms with E-state index >= 15 is 0 Å². The minimum Gasteiger partial charge on any atom is -0.396 e. The van der Waals surface area contributed by atoms with Crippen molar-refractivity contribution < 1.29 is 9.90 Å². The van der Waals surface area contributed by atoms with E-state index in [1.54, 1.807) is 18.2 Å². The largest absolute Gasteiger partial charge is 0.396 e. The van der Waals surface area contributed by atoms with Gasteiger partial charge in [0.1, 0.15) is 0 Å². The molecule has 0 heterocycles. The number of carbonyl (C=O) groups is 1. The SMILES string of the molecule is O=C(NCC1(CCO)CC1)c1cc(Br)ccc1Cl. The van der Waals surface area contributed by atoms with Crippen molar-refractivity contribution in [3.05, 3.63) is 33.3 Å². The summed E-state index contributed by atoms with van der Waals surface area (Å²) in [5, 5.41) is 12.3. The summed E-state index contributed by atoms with van der Waals surface area (Å²) < 4.78 is 0.827. The lowest BCUT2D eigenvalue weighted by molar-refractivity contribution is 0.0941. The Bertz CT molecular complexity index is 460. The molecule has 1 saturated carbocycles. The van der Waals surface area contributed by atoms with E-state index in [-0.39, 0.29) is 17.9 Å². The molecule has 1 aliphatic carbocycles. The fraction of sp³-hybridized carbons (Fsp3) is 0.462. The highest BCUT2D eigenvalue weighted by Crippen LogP contribution is 2.47. The molecule has 1 amide bonds. The fourth-order valence-corrected chi connectivity index (χ4v) is 2.53. The van der Waals surface area contributed by atoms with Gasteiger partial charge in [0, 0.05) is 17.6 Å². The van der Waals surface area contributed by atoms with Crippen LogP contribution in [0.2, 0.25) is 5.02 Å². The number of halogens is 2. The summed E-state index contributed by atoms with van der Waals surface area (Å²) in [6, 6.07) is 5.21. The molecule has 98 valence electrons. The van der Waals surface area contributed by atoms with Crippen LogP contribution < -0.4 is 5.32 Å². The van der Waals surface area contributed by atoms with E-state index in [0.29, 0.717) is 17.1 Å². The lowest BCUT2D eigenvalue weighted by Gasteiger charge is -2.15. The minimum atomic E-state index is -0.162. The molecule has 1 fully saturated rings. The van der Waals surface area contributed by atoms with Crippen LogP contribution in [0.1, 0.15) is 29.6 Å². The van der Waals surface area contributed by atoms with Gasteiger partial charge in [0.2, 0.25) is 0 Å². The van der Waals surface area contributed by atoms with E-state index in [4.69, 9.17) is 16.7 Å². The Balaban J connectivity index is 1.98. The third-order valence-corrected chi connectivity index (χ3v) is 4.22. The molecular weight excluding hydrogens is 318 g/mol. The van der Waals surface area contributed by atoms with E-state index in [1.807, 2.05) is 0 Å². The highest BCUT2D eigenvalue weighted by atomic mass is 79.9. The molecule has 18 heavy (non-hydrogen) atoms. The molecule has 0 aliphatic heterocycles. The second-order valence-electron chi connectivity index (χ2n) is 4.78. The Hall–Kier alpha value is -0.580. The maximum Gasteiger partial charge on any atom is 0.252 e. The number of hydrogen-bond donors (Lipinski definition) is 2. The Morgan fingerprint density at radius 1 is 1.50 bits per heavy atom. The van der Waals surface area contributed by atoms with E-state index < -0.39 is 0 Å². The van der Waals surface area contributed by atoms with Crippen LogP contribution in [0.4, 0.5) is 0 Å². The molecule has 0 aromatic heterocycles. The molecular formula is C13H15BrClNO2. The van der Waals surface area contributed by atoms with Crippen LogP contribution in [0.3, 0.4) is 0 Å². The molecule has 2 N–H and O–H groups in total. The van der Waals surface area contributed by atoms with Crippen molar-refractivity contribution >= 4 is 33.4 Å². The van der Waals surface area contributed by atoms with E-state index in [1.165, 1.54) is 0 Å². The number of aliphatic hydroxyl groups excluding tert-OH is 1. The van der Waals surface area contributed by atoms with Crippen molar-refractivity contribution in [1.82, 2.24) is 5.32 Å². The molecule has 1 aromatic carbocycles. The molecule has 0 unspecified atom stereocenters. The molecule has 0 atom stereocenters. The molecule has 5 heteroatoms. The fourth-order valence-electron chi connectivity index (χ4n) is 1.96. The minimum absolute atomic E-state index is 0.114. The summed E-state index contributed by atoms with van der Waals surface area (Å²) in [4.78, 5) is 12.0. The third kappa shape index (κ3) is 3.25. The first-order valence-corrected chi connectivity index (χ1v) is 7.08. The average Bonchev–Trinajstić information content (AvgIpc) is 3.10.